The lowest BCUT2D eigenvalue weighted by molar-refractivity contribution is 0.0452. The molecule has 0 aliphatic rings. The van der Waals surface area contributed by atoms with Crippen molar-refractivity contribution in [1.82, 2.24) is 0 Å². The Bertz CT molecular complexity index is 193. The lowest BCUT2D eigenvalue weighted by atomic mass is 10.0. The SMILES string of the molecule is C=C(O)/C(Br)=C\C(C)(CC)OC. The van der Waals surface area contributed by atoms with Gasteiger partial charge in [0.05, 0.1) is 10.1 Å². The van der Waals surface area contributed by atoms with Crippen LogP contribution in [-0.4, -0.2) is 17.8 Å². The molecule has 0 aliphatic heterocycles. The first-order valence-corrected chi connectivity index (χ1v) is 4.56. The molecule has 0 rings (SSSR count). The average molecular weight is 235 g/mol. The second-order valence-corrected chi connectivity index (χ2v) is 3.66. The Morgan fingerprint density at radius 1 is 1.75 bits per heavy atom. The highest BCUT2D eigenvalue weighted by Crippen LogP contribution is 2.23. The molecule has 0 aromatic heterocycles. The molecule has 0 heterocycles. The summed E-state index contributed by atoms with van der Waals surface area (Å²) in [6.45, 7) is 7.35. The Balaban J connectivity index is 4.57. The molecule has 1 N–H and O–H groups in total. The number of hydrogen-bond acceptors (Lipinski definition) is 2. The molecule has 0 bridgehead atoms. The molecule has 0 saturated heterocycles. The molecule has 0 amide bonds. The number of halogens is 1. The predicted octanol–water partition coefficient (Wildman–Crippen LogP) is 3.15. The van der Waals surface area contributed by atoms with E-state index in [4.69, 9.17) is 9.84 Å². The smallest absolute Gasteiger partial charge is 0.122 e. The quantitative estimate of drug-likeness (QED) is 0.599. The standard InChI is InChI=1S/C9H15BrO2/c1-5-9(3,12-4)6-8(10)7(2)11/h6,11H,2,5H2,1,3-4H3/b8-6+. The summed E-state index contributed by atoms with van der Waals surface area (Å²) in [4.78, 5) is 0. The number of rotatable bonds is 4. The first-order valence-electron chi connectivity index (χ1n) is 3.77. The third kappa shape index (κ3) is 3.41. The number of hydrogen-bond donors (Lipinski definition) is 1. The zero-order chi connectivity index (χ0) is 9.78. The van der Waals surface area contributed by atoms with E-state index >= 15 is 0 Å². The molecule has 1 unspecified atom stereocenters. The molecular formula is C9H15BrO2. The summed E-state index contributed by atoms with van der Waals surface area (Å²) in [7, 11) is 1.64. The summed E-state index contributed by atoms with van der Waals surface area (Å²) < 4.78 is 5.83. The second kappa shape index (κ2) is 4.67. The molecule has 0 aromatic carbocycles. The van der Waals surface area contributed by atoms with E-state index in [0.29, 0.717) is 4.48 Å². The molecule has 1 atom stereocenters. The first-order chi connectivity index (χ1) is 5.45. The van der Waals surface area contributed by atoms with Gasteiger partial charge < -0.3 is 9.84 Å². The van der Waals surface area contributed by atoms with Gasteiger partial charge in [0, 0.05) is 7.11 Å². The van der Waals surface area contributed by atoms with E-state index in [1.165, 1.54) is 0 Å². The van der Waals surface area contributed by atoms with Crippen LogP contribution < -0.4 is 0 Å². The van der Waals surface area contributed by atoms with Crippen LogP contribution in [-0.2, 0) is 4.74 Å². The fourth-order valence-corrected chi connectivity index (χ4v) is 1.14. The minimum Gasteiger partial charge on any atom is -0.507 e. The summed E-state index contributed by atoms with van der Waals surface area (Å²) in [5.74, 6) is 0.0201. The number of ether oxygens (including phenoxy) is 1. The Morgan fingerprint density at radius 3 is 2.50 bits per heavy atom. The van der Waals surface area contributed by atoms with Gasteiger partial charge in [-0.1, -0.05) is 13.5 Å². The molecule has 0 aromatic rings. The van der Waals surface area contributed by atoms with E-state index in [-0.39, 0.29) is 11.4 Å². The van der Waals surface area contributed by atoms with Gasteiger partial charge in [0.15, 0.2) is 0 Å². The van der Waals surface area contributed by atoms with Crippen molar-refractivity contribution in [3.63, 3.8) is 0 Å². The van der Waals surface area contributed by atoms with E-state index in [1.54, 1.807) is 13.2 Å². The summed E-state index contributed by atoms with van der Waals surface area (Å²) in [5.41, 5.74) is -0.343. The summed E-state index contributed by atoms with van der Waals surface area (Å²) in [5, 5.41) is 9.01. The van der Waals surface area contributed by atoms with Crippen LogP contribution >= 0.6 is 15.9 Å². The normalized spacial score (nSPS) is 17.2. The predicted molar refractivity (Wildman–Crippen MR) is 54.5 cm³/mol. The highest BCUT2D eigenvalue weighted by atomic mass is 79.9. The maximum atomic E-state index is 9.01. The lowest BCUT2D eigenvalue weighted by Crippen LogP contribution is -2.23. The van der Waals surface area contributed by atoms with Crippen molar-refractivity contribution >= 4 is 15.9 Å². The van der Waals surface area contributed by atoms with Crippen LogP contribution in [0.4, 0.5) is 0 Å². The molecule has 0 radical (unpaired) electrons. The zero-order valence-electron chi connectivity index (χ0n) is 7.72. The largest absolute Gasteiger partial charge is 0.507 e. The van der Waals surface area contributed by atoms with E-state index in [1.807, 2.05) is 13.8 Å². The van der Waals surface area contributed by atoms with Gasteiger partial charge in [0.25, 0.3) is 0 Å². The lowest BCUT2D eigenvalue weighted by Gasteiger charge is -2.22. The minimum absolute atomic E-state index is 0.0201. The van der Waals surface area contributed by atoms with Crippen LogP contribution in [0.5, 0.6) is 0 Å². The van der Waals surface area contributed by atoms with Crippen LogP contribution in [0.1, 0.15) is 20.3 Å². The van der Waals surface area contributed by atoms with Crippen LogP contribution in [0.25, 0.3) is 0 Å². The summed E-state index contributed by atoms with van der Waals surface area (Å²) >= 11 is 3.19. The molecule has 0 spiro atoms. The average Bonchev–Trinajstić information content (AvgIpc) is 2.04. The van der Waals surface area contributed by atoms with E-state index in [9.17, 15) is 0 Å². The first kappa shape index (κ1) is 11.7. The maximum absolute atomic E-state index is 9.01. The van der Waals surface area contributed by atoms with Crippen LogP contribution in [0.3, 0.4) is 0 Å². The third-order valence-electron chi connectivity index (χ3n) is 1.88. The summed E-state index contributed by atoms with van der Waals surface area (Å²) in [6, 6.07) is 0. The van der Waals surface area contributed by atoms with Crippen molar-refractivity contribution in [3.05, 3.63) is 22.9 Å². The molecule has 70 valence electrons. The van der Waals surface area contributed by atoms with Gasteiger partial charge >= 0.3 is 0 Å². The minimum atomic E-state index is -0.343. The second-order valence-electron chi connectivity index (χ2n) is 2.81. The summed E-state index contributed by atoms with van der Waals surface area (Å²) in [6.07, 6.45) is 2.64. The molecule has 3 heteroatoms. The maximum Gasteiger partial charge on any atom is 0.122 e. The Labute approximate surface area is 82.1 Å². The fourth-order valence-electron chi connectivity index (χ4n) is 0.657. The van der Waals surface area contributed by atoms with Gasteiger partial charge in [-0.05, 0) is 35.4 Å². The van der Waals surface area contributed by atoms with Gasteiger partial charge in [-0.3, -0.25) is 0 Å². The Hall–Kier alpha value is -0.280. The Morgan fingerprint density at radius 2 is 2.25 bits per heavy atom. The van der Waals surface area contributed by atoms with Crippen LogP contribution in [0.2, 0.25) is 0 Å². The van der Waals surface area contributed by atoms with Crippen molar-refractivity contribution in [2.45, 2.75) is 25.9 Å². The monoisotopic (exact) mass is 234 g/mol. The van der Waals surface area contributed by atoms with E-state index in [0.717, 1.165) is 6.42 Å². The van der Waals surface area contributed by atoms with Crippen LogP contribution in [0.15, 0.2) is 22.9 Å². The van der Waals surface area contributed by atoms with E-state index < -0.39 is 0 Å². The number of aliphatic hydroxyl groups excluding tert-OH is 1. The zero-order valence-corrected chi connectivity index (χ0v) is 9.31. The molecule has 0 fully saturated rings. The number of aliphatic hydroxyl groups is 1. The molecule has 0 saturated carbocycles. The van der Waals surface area contributed by atoms with Gasteiger partial charge in [-0.25, -0.2) is 0 Å². The third-order valence-corrected chi connectivity index (χ3v) is 2.56. The van der Waals surface area contributed by atoms with Crippen molar-refractivity contribution < 1.29 is 9.84 Å². The highest BCUT2D eigenvalue weighted by molar-refractivity contribution is 9.11. The van der Waals surface area contributed by atoms with Crippen molar-refractivity contribution in [1.29, 1.82) is 0 Å². The van der Waals surface area contributed by atoms with Gasteiger partial charge in [0.1, 0.15) is 5.76 Å². The molecule has 12 heavy (non-hydrogen) atoms. The van der Waals surface area contributed by atoms with Crippen molar-refractivity contribution in [2.24, 2.45) is 0 Å². The van der Waals surface area contributed by atoms with Gasteiger partial charge in [0.2, 0.25) is 0 Å². The Kier molecular flexibility index (Phi) is 4.57. The van der Waals surface area contributed by atoms with Gasteiger partial charge in [-0.2, -0.15) is 0 Å². The van der Waals surface area contributed by atoms with Crippen molar-refractivity contribution in [3.8, 4) is 0 Å². The number of methoxy groups -OCH3 is 1. The molecule has 2 nitrogen and oxygen atoms in total. The fraction of sp³-hybridized carbons (Fsp3) is 0.556. The van der Waals surface area contributed by atoms with E-state index in [2.05, 4.69) is 22.5 Å². The van der Waals surface area contributed by atoms with Crippen molar-refractivity contribution in [2.75, 3.05) is 7.11 Å². The molecular weight excluding hydrogens is 220 g/mol. The van der Waals surface area contributed by atoms with Gasteiger partial charge in [-0.15, -0.1) is 0 Å². The molecule has 0 aliphatic carbocycles. The highest BCUT2D eigenvalue weighted by Gasteiger charge is 2.18. The number of allylic oxidation sites excluding steroid dienone is 1. The van der Waals surface area contributed by atoms with Crippen LogP contribution in [0, 0.1) is 0 Å². The topological polar surface area (TPSA) is 29.5 Å².